The normalized spacial score (nSPS) is 11.4. The van der Waals surface area contributed by atoms with Gasteiger partial charge in [-0.2, -0.15) is 0 Å². The second-order valence-corrected chi connectivity index (χ2v) is 5.17. The maximum atomic E-state index is 14.1. The van der Waals surface area contributed by atoms with Gasteiger partial charge in [0.05, 0.1) is 12.1 Å². The first kappa shape index (κ1) is 14.1. The predicted molar refractivity (Wildman–Crippen MR) is 76.6 cm³/mol. The first-order valence-corrected chi connectivity index (χ1v) is 7.08. The Hall–Kier alpha value is -1.88. The topological polar surface area (TPSA) is 31.0 Å². The lowest BCUT2D eigenvalue weighted by Crippen LogP contribution is -2.06. The third-order valence-corrected chi connectivity index (χ3v) is 3.50. The maximum Gasteiger partial charge on any atom is 0.184 e. The van der Waals surface area contributed by atoms with Gasteiger partial charge in [0.25, 0.3) is 0 Å². The van der Waals surface area contributed by atoms with Gasteiger partial charge in [-0.3, -0.25) is 0 Å². The molecule has 0 fully saturated rings. The van der Waals surface area contributed by atoms with Gasteiger partial charge in [-0.15, -0.1) is 11.6 Å². The smallest absolute Gasteiger partial charge is 0.184 e. The van der Waals surface area contributed by atoms with Crippen LogP contribution in [0.25, 0.3) is 11.0 Å². The largest absolute Gasteiger partial charge is 0.464 e. The molecule has 0 saturated heterocycles. The molecule has 2 aromatic heterocycles. The number of fused-ring (bicyclic) bond motifs is 1. The van der Waals surface area contributed by atoms with Gasteiger partial charge in [0.15, 0.2) is 11.6 Å². The predicted octanol–water partition coefficient (Wildman–Crippen LogP) is 4.05. The minimum Gasteiger partial charge on any atom is -0.464 e. The molecule has 0 spiro atoms. The van der Waals surface area contributed by atoms with Crippen LogP contribution in [-0.2, 0) is 13.0 Å². The Balaban J connectivity index is 2.16. The number of hydrogen-bond acceptors (Lipinski definition) is 2. The van der Waals surface area contributed by atoms with E-state index in [1.54, 1.807) is 4.57 Å². The molecule has 6 heteroatoms. The summed E-state index contributed by atoms with van der Waals surface area (Å²) in [5.41, 5.74) is 0.557. The van der Waals surface area contributed by atoms with E-state index in [9.17, 15) is 8.78 Å². The molecule has 0 aliphatic carbocycles. The quantitative estimate of drug-likeness (QED) is 0.681. The summed E-state index contributed by atoms with van der Waals surface area (Å²) in [6.45, 7) is 2.12. The summed E-state index contributed by atoms with van der Waals surface area (Å²) in [7, 11) is 0. The molecule has 0 amide bonds. The minimum atomic E-state index is -0.899. The van der Waals surface area contributed by atoms with Gasteiger partial charge in [0, 0.05) is 12.3 Å². The van der Waals surface area contributed by atoms with E-state index < -0.39 is 11.6 Å². The van der Waals surface area contributed by atoms with E-state index in [-0.39, 0.29) is 12.1 Å². The molecule has 0 aliphatic rings. The zero-order valence-electron chi connectivity index (χ0n) is 11.4. The van der Waals surface area contributed by atoms with E-state index in [1.165, 1.54) is 6.07 Å². The third kappa shape index (κ3) is 2.53. The van der Waals surface area contributed by atoms with Gasteiger partial charge in [-0.1, -0.05) is 0 Å². The fraction of sp³-hybridized carbons (Fsp3) is 0.267. The third-order valence-electron chi connectivity index (χ3n) is 3.31. The van der Waals surface area contributed by atoms with Crippen molar-refractivity contribution in [3.05, 3.63) is 53.2 Å². The number of halogens is 3. The number of imidazole rings is 1. The fourth-order valence-electron chi connectivity index (χ4n) is 2.38. The first-order valence-electron chi connectivity index (χ1n) is 6.54. The van der Waals surface area contributed by atoms with Gasteiger partial charge in [0.2, 0.25) is 0 Å². The summed E-state index contributed by atoms with van der Waals surface area (Å²) in [5, 5.41) is 0. The number of aromatic nitrogens is 2. The molecule has 110 valence electrons. The number of hydrogen-bond donors (Lipinski definition) is 0. The number of aryl methyl sites for hydroxylation is 2. The standard InChI is InChI=1S/C15H13ClF2N2O/c1-9-2-3-10(21-9)8-20-13(6-7-16)19-12-5-4-11(17)14(18)15(12)20/h2-5H,6-8H2,1H3. The molecule has 1 aromatic carbocycles. The summed E-state index contributed by atoms with van der Waals surface area (Å²) in [5.74, 6) is 0.593. The summed E-state index contributed by atoms with van der Waals surface area (Å²) >= 11 is 5.77. The lowest BCUT2D eigenvalue weighted by atomic mass is 10.3. The van der Waals surface area contributed by atoms with Crippen molar-refractivity contribution in [3.63, 3.8) is 0 Å². The number of furan rings is 1. The van der Waals surface area contributed by atoms with Crippen LogP contribution in [0.15, 0.2) is 28.7 Å². The molecule has 2 heterocycles. The Labute approximate surface area is 125 Å². The highest BCUT2D eigenvalue weighted by Gasteiger charge is 2.18. The highest BCUT2D eigenvalue weighted by atomic mass is 35.5. The van der Waals surface area contributed by atoms with Crippen LogP contribution >= 0.6 is 11.6 Å². The molecule has 21 heavy (non-hydrogen) atoms. The number of nitrogens with zero attached hydrogens (tertiary/aromatic N) is 2. The number of alkyl halides is 1. The van der Waals surface area contributed by atoms with Crippen molar-refractivity contribution in [3.8, 4) is 0 Å². The van der Waals surface area contributed by atoms with Crippen molar-refractivity contribution in [1.29, 1.82) is 0 Å². The molecule has 3 rings (SSSR count). The van der Waals surface area contributed by atoms with Crippen LogP contribution in [-0.4, -0.2) is 15.4 Å². The highest BCUT2D eigenvalue weighted by Crippen LogP contribution is 2.24. The van der Waals surface area contributed by atoms with Gasteiger partial charge >= 0.3 is 0 Å². The number of benzene rings is 1. The summed E-state index contributed by atoms with van der Waals surface area (Å²) in [6, 6.07) is 6.18. The highest BCUT2D eigenvalue weighted by molar-refractivity contribution is 6.17. The molecule has 0 unspecified atom stereocenters. The monoisotopic (exact) mass is 310 g/mol. The van der Waals surface area contributed by atoms with Gasteiger partial charge in [-0.05, 0) is 31.2 Å². The van der Waals surface area contributed by atoms with Crippen molar-refractivity contribution < 1.29 is 13.2 Å². The lowest BCUT2D eigenvalue weighted by molar-refractivity contribution is 0.465. The van der Waals surface area contributed by atoms with Gasteiger partial charge in [-0.25, -0.2) is 13.8 Å². The zero-order chi connectivity index (χ0) is 15.0. The lowest BCUT2D eigenvalue weighted by Gasteiger charge is -2.07. The second kappa shape index (κ2) is 5.48. The van der Waals surface area contributed by atoms with E-state index >= 15 is 0 Å². The van der Waals surface area contributed by atoms with Crippen molar-refractivity contribution in [1.82, 2.24) is 9.55 Å². The van der Waals surface area contributed by atoms with Crippen LogP contribution in [0.3, 0.4) is 0 Å². The summed E-state index contributed by atoms with van der Waals surface area (Å²) in [4.78, 5) is 4.34. The first-order chi connectivity index (χ1) is 10.1. The molecular formula is C15H13ClF2N2O. The minimum absolute atomic E-state index is 0.143. The van der Waals surface area contributed by atoms with E-state index in [0.717, 1.165) is 11.8 Å². The Bertz CT molecular complexity index is 794. The molecule has 0 saturated carbocycles. The molecule has 3 aromatic rings. The number of rotatable bonds is 4. The molecule has 0 radical (unpaired) electrons. The summed E-state index contributed by atoms with van der Waals surface area (Å²) in [6.07, 6.45) is 0.469. The van der Waals surface area contributed by atoms with Crippen molar-refractivity contribution >= 4 is 22.6 Å². The van der Waals surface area contributed by atoms with E-state index in [0.29, 0.717) is 29.4 Å². The zero-order valence-corrected chi connectivity index (χ0v) is 12.1. The molecule has 0 aliphatic heterocycles. The maximum absolute atomic E-state index is 14.1. The molecular weight excluding hydrogens is 298 g/mol. The Morgan fingerprint density at radius 3 is 2.71 bits per heavy atom. The summed E-state index contributed by atoms with van der Waals surface area (Å²) < 4.78 is 34.8. The SMILES string of the molecule is Cc1ccc(Cn2c(CCCl)nc3ccc(F)c(F)c32)o1. The van der Waals surface area contributed by atoms with Crippen LogP contribution in [0.4, 0.5) is 8.78 Å². The van der Waals surface area contributed by atoms with Gasteiger partial charge < -0.3 is 8.98 Å². The van der Waals surface area contributed by atoms with Crippen molar-refractivity contribution in [2.75, 3.05) is 5.88 Å². The van der Waals surface area contributed by atoms with E-state index in [2.05, 4.69) is 4.98 Å². The Morgan fingerprint density at radius 2 is 2.05 bits per heavy atom. The Morgan fingerprint density at radius 1 is 1.24 bits per heavy atom. The average Bonchev–Trinajstić information content (AvgIpc) is 3.00. The molecule has 3 nitrogen and oxygen atoms in total. The van der Waals surface area contributed by atoms with Gasteiger partial charge in [0.1, 0.15) is 22.9 Å². The Kier molecular flexibility index (Phi) is 3.68. The average molecular weight is 311 g/mol. The van der Waals surface area contributed by atoms with Crippen molar-refractivity contribution in [2.24, 2.45) is 0 Å². The van der Waals surface area contributed by atoms with Crippen LogP contribution in [0.2, 0.25) is 0 Å². The molecule has 0 atom stereocenters. The van der Waals surface area contributed by atoms with Crippen LogP contribution in [0.1, 0.15) is 17.3 Å². The second-order valence-electron chi connectivity index (χ2n) is 4.79. The molecule has 0 bridgehead atoms. The van der Waals surface area contributed by atoms with E-state index in [1.807, 2.05) is 19.1 Å². The molecule has 0 N–H and O–H groups in total. The van der Waals surface area contributed by atoms with Crippen LogP contribution < -0.4 is 0 Å². The van der Waals surface area contributed by atoms with Crippen LogP contribution in [0, 0.1) is 18.6 Å². The fourth-order valence-corrected chi connectivity index (χ4v) is 2.55. The van der Waals surface area contributed by atoms with Crippen molar-refractivity contribution in [2.45, 2.75) is 19.9 Å². The van der Waals surface area contributed by atoms with Crippen LogP contribution in [0.5, 0.6) is 0 Å². The van der Waals surface area contributed by atoms with E-state index in [4.69, 9.17) is 16.0 Å².